The molecule has 2 aliphatic rings. The van der Waals surface area contributed by atoms with Gasteiger partial charge in [-0.05, 0) is 44.2 Å². The molecule has 0 saturated carbocycles. The maximum absolute atomic E-state index is 12.3. The molecule has 136 valence electrons. The molecule has 5 heteroatoms. The largest absolute Gasteiger partial charge is 0.354 e. The smallest absolute Gasteiger partial charge is 0.237 e. The highest BCUT2D eigenvalue weighted by Crippen LogP contribution is 2.19. The van der Waals surface area contributed by atoms with Crippen LogP contribution in [0.4, 0.5) is 0 Å². The highest BCUT2D eigenvalue weighted by Gasteiger charge is 2.32. The predicted molar refractivity (Wildman–Crippen MR) is 98.0 cm³/mol. The molecule has 1 aromatic carbocycles. The van der Waals surface area contributed by atoms with E-state index in [4.69, 9.17) is 0 Å². The quantitative estimate of drug-likeness (QED) is 0.823. The second-order valence-electron chi connectivity index (χ2n) is 7.48. The zero-order chi connectivity index (χ0) is 17.6. The molecule has 3 atom stereocenters. The summed E-state index contributed by atoms with van der Waals surface area (Å²) in [5, 5.41) is 6.27. The number of amides is 1. The third-order valence-corrected chi connectivity index (χ3v) is 5.44. The van der Waals surface area contributed by atoms with E-state index in [1.165, 1.54) is 18.4 Å². The lowest BCUT2D eigenvalue weighted by Crippen LogP contribution is -2.45. The summed E-state index contributed by atoms with van der Waals surface area (Å²) in [5.74, 6) is 0.716. The minimum Gasteiger partial charge on any atom is -0.354 e. The second kappa shape index (κ2) is 8.59. The third kappa shape index (κ3) is 5.13. The number of piperidine rings is 1. The van der Waals surface area contributed by atoms with Gasteiger partial charge in [-0.25, -0.2) is 0 Å². The summed E-state index contributed by atoms with van der Waals surface area (Å²) in [6.07, 6.45) is 2.98. The fraction of sp³-hybridized carbons (Fsp3) is 0.600. The highest BCUT2D eigenvalue weighted by atomic mass is 16.2. The van der Waals surface area contributed by atoms with E-state index < -0.39 is 0 Å². The molecular formula is C20H29N3O2. The van der Waals surface area contributed by atoms with E-state index >= 15 is 0 Å². The van der Waals surface area contributed by atoms with Crippen molar-refractivity contribution in [3.63, 3.8) is 0 Å². The molecule has 2 aliphatic heterocycles. The molecule has 2 saturated heterocycles. The van der Waals surface area contributed by atoms with Crippen LogP contribution in [0.1, 0.15) is 31.7 Å². The van der Waals surface area contributed by atoms with Gasteiger partial charge in [0.1, 0.15) is 5.78 Å². The molecule has 2 N–H and O–H groups in total. The Morgan fingerprint density at radius 3 is 2.80 bits per heavy atom. The summed E-state index contributed by atoms with van der Waals surface area (Å²) in [6.45, 7) is 6.10. The van der Waals surface area contributed by atoms with Crippen LogP contribution in [0.25, 0.3) is 0 Å². The fourth-order valence-electron chi connectivity index (χ4n) is 3.92. The van der Waals surface area contributed by atoms with Gasteiger partial charge < -0.3 is 10.6 Å². The van der Waals surface area contributed by atoms with Gasteiger partial charge in [0.05, 0.1) is 6.04 Å². The fourth-order valence-corrected chi connectivity index (χ4v) is 3.92. The average Bonchev–Trinajstić information content (AvgIpc) is 3.11. The molecule has 0 spiro atoms. The number of ketones is 1. The maximum atomic E-state index is 12.3. The Labute approximate surface area is 150 Å². The van der Waals surface area contributed by atoms with Gasteiger partial charge >= 0.3 is 0 Å². The molecule has 0 aromatic heterocycles. The Morgan fingerprint density at radius 1 is 1.28 bits per heavy atom. The number of likely N-dealkylation sites (tertiary alicyclic amines) is 1. The van der Waals surface area contributed by atoms with E-state index in [9.17, 15) is 9.59 Å². The first-order chi connectivity index (χ1) is 12.1. The molecule has 2 fully saturated rings. The number of rotatable bonds is 6. The summed E-state index contributed by atoms with van der Waals surface area (Å²) in [7, 11) is 0. The number of benzene rings is 1. The average molecular weight is 343 g/mol. The van der Waals surface area contributed by atoms with Crippen LogP contribution in [-0.4, -0.2) is 48.8 Å². The van der Waals surface area contributed by atoms with E-state index in [1.54, 1.807) is 6.92 Å². The molecule has 5 nitrogen and oxygen atoms in total. The van der Waals surface area contributed by atoms with Gasteiger partial charge in [-0.1, -0.05) is 30.3 Å². The van der Waals surface area contributed by atoms with Gasteiger partial charge in [-0.2, -0.15) is 0 Å². The van der Waals surface area contributed by atoms with Crippen LogP contribution in [-0.2, 0) is 16.1 Å². The molecule has 1 aromatic rings. The molecule has 0 aliphatic carbocycles. The lowest BCUT2D eigenvalue weighted by Gasteiger charge is -2.33. The summed E-state index contributed by atoms with van der Waals surface area (Å²) in [4.78, 5) is 26.2. The van der Waals surface area contributed by atoms with Crippen molar-refractivity contribution >= 4 is 11.7 Å². The van der Waals surface area contributed by atoms with Crippen LogP contribution in [0.5, 0.6) is 0 Å². The third-order valence-electron chi connectivity index (χ3n) is 5.44. The molecule has 0 radical (unpaired) electrons. The van der Waals surface area contributed by atoms with Crippen molar-refractivity contribution in [3.8, 4) is 0 Å². The zero-order valence-corrected chi connectivity index (χ0v) is 15.0. The lowest BCUT2D eigenvalue weighted by molar-refractivity contribution is -0.123. The van der Waals surface area contributed by atoms with Crippen molar-refractivity contribution in [1.82, 2.24) is 15.5 Å². The number of carbonyl (C=O) groups excluding carboxylic acids is 2. The summed E-state index contributed by atoms with van der Waals surface area (Å²) >= 11 is 0. The van der Waals surface area contributed by atoms with Crippen molar-refractivity contribution in [1.29, 1.82) is 0 Å². The summed E-state index contributed by atoms with van der Waals surface area (Å²) in [5.41, 5.74) is 1.35. The van der Waals surface area contributed by atoms with E-state index in [0.29, 0.717) is 18.9 Å². The standard InChI is InChI=1S/C20H29N3O2/c1-15(24)18-10-19(21-12-18)20(25)22-11-17-8-5-9-23(14-17)13-16-6-3-2-4-7-16/h2-4,6-7,17-19,21H,5,8-14H2,1H3,(H,22,25). The van der Waals surface area contributed by atoms with Gasteiger partial charge in [0.25, 0.3) is 0 Å². The Hall–Kier alpha value is -1.72. The van der Waals surface area contributed by atoms with E-state index in [2.05, 4.69) is 39.8 Å². The topological polar surface area (TPSA) is 61.4 Å². The van der Waals surface area contributed by atoms with Gasteiger partial charge in [-0.3, -0.25) is 14.5 Å². The van der Waals surface area contributed by atoms with E-state index in [1.807, 2.05) is 6.07 Å². The van der Waals surface area contributed by atoms with Crippen molar-refractivity contribution in [2.24, 2.45) is 11.8 Å². The first-order valence-corrected chi connectivity index (χ1v) is 9.39. The number of nitrogens with zero attached hydrogens (tertiary/aromatic N) is 1. The highest BCUT2D eigenvalue weighted by molar-refractivity contribution is 5.85. The molecule has 2 heterocycles. The summed E-state index contributed by atoms with van der Waals surface area (Å²) in [6, 6.07) is 10.3. The minimum atomic E-state index is -0.210. The number of nitrogens with one attached hydrogen (secondary N) is 2. The first kappa shape index (κ1) is 18.1. The van der Waals surface area contributed by atoms with Gasteiger partial charge in [0.15, 0.2) is 0 Å². The zero-order valence-electron chi connectivity index (χ0n) is 15.0. The van der Waals surface area contributed by atoms with Crippen molar-refractivity contribution in [2.75, 3.05) is 26.2 Å². The van der Waals surface area contributed by atoms with Crippen molar-refractivity contribution in [3.05, 3.63) is 35.9 Å². The van der Waals surface area contributed by atoms with Crippen LogP contribution in [0, 0.1) is 11.8 Å². The second-order valence-corrected chi connectivity index (χ2v) is 7.48. The molecule has 3 rings (SSSR count). The molecule has 0 bridgehead atoms. The van der Waals surface area contributed by atoms with Crippen molar-refractivity contribution in [2.45, 2.75) is 38.8 Å². The Kier molecular flexibility index (Phi) is 6.21. The SMILES string of the molecule is CC(=O)C1CNC(C(=O)NCC2CCCN(Cc3ccccc3)C2)C1. The first-order valence-electron chi connectivity index (χ1n) is 9.39. The van der Waals surface area contributed by atoms with Gasteiger partial charge in [-0.15, -0.1) is 0 Å². The van der Waals surface area contributed by atoms with Crippen LogP contribution < -0.4 is 10.6 Å². The van der Waals surface area contributed by atoms with E-state index in [-0.39, 0.29) is 23.7 Å². The van der Waals surface area contributed by atoms with Gasteiger partial charge in [0, 0.05) is 32.1 Å². The number of hydrogen-bond acceptors (Lipinski definition) is 4. The molecule has 1 amide bonds. The monoisotopic (exact) mass is 343 g/mol. The lowest BCUT2D eigenvalue weighted by atomic mass is 9.97. The van der Waals surface area contributed by atoms with Gasteiger partial charge in [0.2, 0.25) is 5.91 Å². The summed E-state index contributed by atoms with van der Waals surface area (Å²) < 4.78 is 0. The molecule has 3 unspecified atom stereocenters. The number of Topliss-reactive ketones (excluding diaryl/α,β-unsaturated/α-hetero) is 1. The van der Waals surface area contributed by atoms with Crippen LogP contribution in [0.15, 0.2) is 30.3 Å². The number of carbonyl (C=O) groups is 2. The molecule has 25 heavy (non-hydrogen) atoms. The Morgan fingerprint density at radius 2 is 2.08 bits per heavy atom. The predicted octanol–water partition coefficient (Wildman–Crippen LogP) is 1.58. The normalized spacial score (nSPS) is 27.2. The van der Waals surface area contributed by atoms with Crippen molar-refractivity contribution < 1.29 is 9.59 Å². The van der Waals surface area contributed by atoms with Crippen LogP contribution in [0.2, 0.25) is 0 Å². The minimum absolute atomic E-state index is 0.00760. The van der Waals surface area contributed by atoms with E-state index in [0.717, 1.165) is 26.2 Å². The molecular weight excluding hydrogens is 314 g/mol. The van der Waals surface area contributed by atoms with Crippen LogP contribution in [0.3, 0.4) is 0 Å². The Balaban J connectivity index is 1.42. The van der Waals surface area contributed by atoms with Crippen LogP contribution >= 0.6 is 0 Å². The Bertz CT molecular complexity index is 590. The maximum Gasteiger partial charge on any atom is 0.237 e. The number of hydrogen-bond donors (Lipinski definition) is 2.